The zero-order valence-corrected chi connectivity index (χ0v) is 14.0. The molecule has 2 rings (SSSR count). The van der Waals surface area contributed by atoms with Crippen LogP contribution in [0, 0.1) is 0 Å². The summed E-state index contributed by atoms with van der Waals surface area (Å²) in [5.74, 6) is -0.978. The molecule has 116 valence electrons. The Morgan fingerprint density at radius 1 is 1.27 bits per heavy atom. The molecule has 0 aliphatic heterocycles. The van der Waals surface area contributed by atoms with Crippen molar-refractivity contribution in [3.05, 3.63) is 56.2 Å². The van der Waals surface area contributed by atoms with E-state index in [2.05, 4.69) is 5.32 Å². The number of thiophene rings is 1. The van der Waals surface area contributed by atoms with Crippen LogP contribution in [0.2, 0.25) is 8.67 Å². The lowest BCUT2D eigenvalue weighted by Gasteiger charge is -2.16. The smallest absolute Gasteiger partial charge is 0.328 e. The molecule has 0 spiro atoms. The summed E-state index contributed by atoms with van der Waals surface area (Å²) in [5.41, 5.74) is 1.16. The molecular weight excluding hydrogens is 345 g/mol. The first-order valence-corrected chi connectivity index (χ1v) is 7.96. The van der Waals surface area contributed by atoms with E-state index in [1.165, 1.54) is 13.2 Å². The van der Waals surface area contributed by atoms with Gasteiger partial charge in [-0.2, -0.15) is 0 Å². The van der Waals surface area contributed by atoms with Crippen molar-refractivity contribution in [3.8, 4) is 0 Å². The number of ether oxygens (including phenoxy) is 1. The van der Waals surface area contributed by atoms with Crippen molar-refractivity contribution in [2.45, 2.75) is 12.5 Å². The van der Waals surface area contributed by atoms with Crippen molar-refractivity contribution in [1.29, 1.82) is 0 Å². The zero-order chi connectivity index (χ0) is 16.1. The molecule has 1 heterocycles. The SMILES string of the molecule is COC(=O)[C@H](Cc1ccccc1)NC(=O)c1cc(Cl)sc1Cl. The van der Waals surface area contributed by atoms with Gasteiger partial charge in [-0.15, -0.1) is 11.3 Å². The molecule has 1 amide bonds. The van der Waals surface area contributed by atoms with Gasteiger partial charge in [0.05, 0.1) is 17.0 Å². The van der Waals surface area contributed by atoms with E-state index in [1.54, 1.807) is 0 Å². The summed E-state index contributed by atoms with van der Waals surface area (Å²) in [4.78, 5) is 24.1. The Bertz CT molecular complexity index is 673. The van der Waals surface area contributed by atoms with E-state index in [4.69, 9.17) is 27.9 Å². The van der Waals surface area contributed by atoms with Crippen molar-refractivity contribution in [2.24, 2.45) is 0 Å². The molecule has 2 aromatic rings. The Morgan fingerprint density at radius 3 is 2.50 bits per heavy atom. The van der Waals surface area contributed by atoms with E-state index in [0.29, 0.717) is 10.8 Å². The van der Waals surface area contributed by atoms with Gasteiger partial charge in [-0.05, 0) is 11.6 Å². The summed E-state index contributed by atoms with van der Waals surface area (Å²) in [7, 11) is 1.28. The molecule has 7 heteroatoms. The summed E-state index contributed by atoms with van der Waals surface area (Å²) in [6.07, 6.45) is 0.328. The van der Waals surface area contributed by atoms with Crippen molar-refractivity contribution < 1.29 is 14.3 Å². The lowest BCUT2D eigenvalue weighted by atomic mass is 10.1. The van der Waals surface area contributed by atoms with E-state index in [0.717, 1.165) is 16.9 Å². The first-order valence-electron chi connectivity index (χ1n) is 6.38. The van der Waals surface area contributed by atoms with E-state index >= 15 is 0 Å². The predicted octanol–water partition coefficient (Wildman–Crippen LogP) is 3.57. The predicted molar refractivity (Wildman–Crippen MR) is 87.8 cm³/mol. The number of nitrogens with one attached hydrogen (secondary N) is 1. The molecule has 0 saturated carbocycles. The highest BCUT2D eigenvalue weighted by Gasteiger charge is 2.24. The minimum Gasteiger partial charge on any atom is -0.467 e. The van der Waals surface area contributed by atoms with Crippen molar-refractivity contribution in [1.82, 2.24) is 5.32 Å². The normalized spacial score (nSPS) is 11.8. The van der Waals surface area contributed by atoms with Gasteiger partial charge in [-0.1, -0.05) is 53.5 Å². The number of amides is 1. The second kappa shape index (κ2) is 7.63. The molecule has 1 N–H and O–H groups in total. The molecule has 0 radical (unpaired) electrons. The first kappa shape index (κ1) is 16.8. The minimum atomic E-state index is -0.797. The summed E-state index contributed by atoms with van der Waals surface area (Å²) in [6.45, 7) is 0. The highest BCUT2D eigenvalue weighted by atomic mass is 35.5. The molecule has 0 aliphatic carbocycles. The van der Waals surface area contributed by atoms with Crippen LogP contribution in [-0.4, -0.2) is 25.0 Å². The average molecular weight is 358 g/mol. The summed E-state index contributed by atoms with van der Waals surface area (Å²) in [5, 5.41) is 2.64. The third-order valence-corrected chi connectivity index (χ3v) is 4.46. The van der Waals surface area contributed by atoms with Crippen LogP contribution in [0.4, 0.5) is 0 Å². The fraction of sp³-hybridized carbons (Fsp3) is 0.200. The van der Waals surface area contributed by atoms with Gasteiger partial charge in [-0.3, -0.25) is 4.79 Å². The second-order valence-corrected chi connectivity index (χ2v) is 6.76. The van der Waals surface area contributed by atoms with Crippen LogP contribution in [-0.2, 0) is 16.0 Å². The molecular formula is C15H13Cl2NO3S. The molecule has 1 aromatic heterocycles. The van der Waals surface area contributed by atoms with Crippen molar-refractivity contribution in [2.75, 3.05) is 7.11 Å². The van der Waals surface area contributed by atoms with Crippen LogP contribution < -0.4 is 5.32 Å². The van der Waals surface area contributed by atoms with E-state index in [9.17, 15) is 9.59 Å². The van der Waals surface area contributed by atoms with Crippen LogP contribution in [0.3, 0.4) is 0 Å². The number of esters is 1. The van der Waals surface area contributed by atoms with Gasteiger partial charge >= 0.3 is 5.97 Å². The number of hydrogen-bond donors (Lipinski definition) is 1. The van der Waals surface area contributed by atoms with Crippen LogP contribution in [0.25, 0.3) is 0 Å². The van der Waals surface area contributed by atoms with Crippen molar-refractivity contribution >= 4 is 46.4 Å². The molecule has 22 heavy (non-hydrogen) atoms. The topological polar surface area (TPSA) is 55.4 Å². The maximum absolute atomic E-state index is 12.2. The molecule has 0 aliphatic rings. The first-order chi connectivity index (χ1) is 10.5. The fourth-order valence-electron chi connectivity index (χ4n) is 1.92. The van der Waals surface area contributed by atoms with Crippen LogP contribution in [0.5, 0.6) is 0 Å². The number of carbonyl (C=O) groups is 2. The molecule has 4 nitrogen and oxygen atoms in total. The molecule has 1 atom stereocenters. The Hall–Kier alpha value is -1.56. The number of benzene rings is 1. The molecule has 0 bridgehead atoms. The summed E-state index contributed by atoms with van der Waals surface area (Å²) >= 11 is 12.9. The maximum Gasteiger partial charge on any atom is 0.328 e. The van der Waals surface area contributed by atoms with Gasteiger partial charge in [0.2, 0.25) is 0 Å². The number of carbonyl (C=O) groups excluding carboxylic acids is 2. The Kier molecular flexibility index (Phi) is 5.83. The van der Waals surface area contributed by atoms with Gasteiger partial charge in [0.25, 0.3) is 5.91 Å². The molecule has 0 saturated heterocycles. The minimum absolute atomic E-state index is 0.249. The standard InChI is InChI=1S/C15H13Cl2NO3S/c1-21-15(20)11(7-9-5-3-2-4-6-9)18-14(19)10-8-12(16)22-13(10)17/h2-6,8,11H,7H2,1H3,(H,18,19)/t11-/m0/s1. The largest absolute Gasteiger partial charge is 0.467 e. The summed E-state index contributed by atoms with van der Waals surface area (Å²) < 4.78 is 5.44. The van der Waals surface area contributed by atoms with E-state index < -0.39 is 17.9 Å². The fourth-order valence-corrected chi connectivity index (χ4v) is 3.37. The molecule has 1 aromatic carbocycles. The quantitative estimate of drug-likeness (QED) is 0.832. The van der Waals surface area contributed by atoms with Gasteiger partial charge in [-0.25, -0.2) is 4.79 Å². The van der Waals surface area contributed by atoms with Crippen LogP contribution in [0.1, 0.15) is 15.9 Å². The Balaban J connectivity index is 2.14. The number of halogens is 2. The Labute approximate surface area is 142 Å². The number of hydrogen-bond acceptors (Lipinski definition) is 4. The molecule has 0 unspecified atom stereocenters. The zero-order valence-electron chi connectivity index (χ0n) is 11.6. The number of methoxy groups -OCH3 is 1. The third kappa shape index (κ3) is 4.22. The second-order valence-electron chi connectivity index (χ2n) is 4.48. The van der Waals surface area contributed by atoms with Crippen LogP contribution in [0.15, 0.2) is 36.4 Å². The highest BCUT2D eigenvalue weighted by Crippen LogP contribution is 2.31. The highest BCUT2D eigenvalue weighted by molar-refractivity contribution is 7.20. The van der Waals surface area contributed by atoms with Crippen molar-refractivity contribution in [3.63, 3.8) is 0 Å². The maximum atomic E-state index is 12.2. The van der Waals surface area contributed by atoms with Gasteiger partial charge in [0.15, 0.2) is 0 Å². The lowest BCUT2D eigenvalue weighted by Crippen LogP contribution is -2.43. The van der Waals surface area contributed by atoms with E-state index in [1.807, 2.05) is 30.3 Å². The van der Waals surface area contributed by atoms with Crippen LogP contribution >= 0.6 is 34.5 Å². The average Bonchev–Trinajstić information content (AvgIpc) is 2.85. The lowest BCUT2D eigenvalue weighted by molar-refractivity contribution is -0.142. The summed E-state index contributed by atoms with van der Waals surface area (Å²) in [6, 6.07) is 10.0. The number of rotatable bonds is 5. The van der Waals surface area contributed by atoms with E-state index in [-0.39, 0.29) is 9.90 Å². The molecule has 0 fully saturated rings. The monoisotopic (exact) mass is 357 g/mol. The Morgan fingerprint density at radius 2 is 1.95 bits per heavy atom. The third-order valence-electron chi connectivity index (χ3n) is 2.97. The van der Waals surface area contributed by atoms with Gasteiger partial charge in [0, 0.05) is 6.42 Å². The van der Waals surface area contributed by atoms with Gasteiger partial charge < -0.3 is 10.1 Å². The van der Waals surface area contributed by atoms with Gasteiger partial charge in [0.1, 0.15) is 10.4 Å².